The fourth-order valence-electron chi connectivity index (χ4n) is 3.37. The van der Waals surface area contributed by atoms with Crippen molar-refractivity contribution in [3.63, 3.8) is 0 Å². The molecule has 0 radical (unpaired) electrons. The third kappa shape index (κ3) is 4.51. The molecule has 0 atom stereocenters. The second-order valence-electron chi connectivity index (χ2n) is 6.91. The SMILES string of the molecule is O=C(NCC(=O)N1CCc2ccccc2C1)c1csc(Cc2ccccc2F)n1. The number of aromatic nitrogens is 1. The highest BCUT2D eigenvalue weighted by Gasteiger charge is 2.21. The number of thiazole rings is 1. The number of nitrogens with zero attached hydrogens (tertiary/aromatic N) is 2. The van der Waals surface area contributed by atoms with Gasteiger partial charge in [0.25, 0.3) is 5.91 Å². The Hall–Kier alpha value is -3.06. The lowest BCUT2D eigenvalue weighted by Crippen LogP contribution is -2.42. The van der Waals surface area contributed by atoms with Gasteiger partial charge in [0, 0.05) is 24.9 Å². The molecule has 0 bridgehead atoms. The molecule has 29 heavy (non-hydrogen) atoms. The fraction of sp³-hybridized carbons (Fsp3) is 0.227. The minimum absolute atomic E-state index is 0.0683. The van der Waals surface area contributed by atoms with Gasteiger partial charge in [0.05, 0.1) is 11.6 Å². The first-order valence-corrected chi connectivity index (χ1v) is 10.3. The molecule has 3 aromatic rings. The van der Waals surface area contributed by atoms with E-state index >= 15 is 0 Å². The van der Waals surface area contributed by atoms with Crippen LogP contribution in [0.15, 0.2) is 53.9 Å². The van der Waals surface area contributed by atoms with Gasteiger partial charge in [0.15, 0.2) is 0 Å². The number of carbonyl (C=O) groups is 2. The van der Waals surface area contributed by atoms with Crippen molar-refractivity contribution in [1.29, 1.82) is 0 Å². The van der Waals surface area contributed by atoms with Crippen LogP contribution < -0.4 is 5.32 Å². The molecule has 1 N–H and O–H groups in total. The topological polar surface area (TPSA) is 62.3 Å². The molecule has 2 heterocycles. The van der Waals surface area contributed by atoms with Crippen molar-refractivity contribution < 1.29 is 14.0 Å². The van der Waals surface area contributed by atoms with E-state index in [1.807, 2.05) is 18.2 Å². The molecular weight excluding hydrogens is 389 g/mol. The number of hydrogen-bond donors (Lipinski definition) is 1. The van der Waals surface area contributed by atoms with Crippen molar-refractivity contribution in [3.05, 3.63) is 87.1 Å². The molecule has 1 aliphatic rings. The molecule has 7 heteroatoms. The fourth-order valence-corrected chi connectivity index (χ4v) is 4.17. The zero-order valence-corrected chi connectivity index (χ0v) is 16.5. The molecular formula is C22H20FN3O2S. The van der Waals surface area contributed by atoms with Crippen LogP contribution in [-0.4, -0.2) is 34.8 Å². The Morgan fingerprint density at radius 2 is 1.86 bits per heavy atom. The molecule has 0 unspecified atom stereocenters. The predicted octanol–water partition coefficient (Wildman–Crippen LogP) is 3.19. The van der Waals surface area contributed by atoms with Crippen molar-refractivity contribution in [3.8, 4) is 0 Å². The molecule has 0 saturated heterocycles. The molecule has 1 aliphatic heterocycles. The first-order chi connectivity index (χ1) is 14.1. The van der Waals surface area contributed by atoms with E-state index in [9.17, 15) is 14.0 Å². The van der Waals surface area contributed by atoms with E-state index in [0.717, 1.165) is 12.0 Å². The lowest BCUT2D eigenvalue weighted by atomic mass is 10.00. The van der Waals surface area contributed by atoms with Gasteiger partial charge in [-0.25, -0.2) is 9.37 Å². The molecule has 0 aliphatic carbocycles. The second kappa shape index (κ2) is 8.53. The summed E-state index contributed by atoms with van der Waals surface area (Å²) in [5, 5.41) is 4.93. The maximum atomic E-state index is 13.8. The smallest absolute Gasteiger partial charge is 0.271 e. The number of carbonyl (C=O) groups excluding carboxylic acids is 2. The monoisotopic (exact) mass is 409 g/mol. The summed E-state index contributed by atoms with van der Waals surface area (Å²) in [4.78, 5) is 30.9. The van der Waals surface area contributed by atoms with Gasteiger partial charge in [0.2, 0.25) is 5.91 Å². The van der Waals surface area contributed by atoms with Gasteiger partial charge < -0.3 is 10.2 Å². The number of halogens is 1. The quantitative estimate of drug-likeness (QED) is 0.704. The summed E-state index contributed by atoms with van der Waals surface area (Å²) in [6.45, 7) is 1.14. The first-order valence-electron chi connectivity index (χ1n) is 9.41. The largest absolute Gasteiger partial charge is 0.342 e. The Morgan fingerprint density at radius 3 is 2.69 bits per heavy atom. The Balaban J connectivity index is 1.32. The summed E-state index contributed by atoms with van der Waals surface area (Å²) in [5.41, 5.74) is 3.20. The summed E-state index contributed by atoms with van der Waals surface area (Å²) in [6.07, 6.45) is 1.15. The maximum absolute atomic E-state index is 13.8. The number of amides is 2. The minimum atomic E-state index is -0.396. The third-order valence-corrected chi connectivity index (χ3v) is 5.82. The van der Waals surface area contributed by atoms with E-state index in [0.29, 0.717) is 30.1 Å². The van der Waals surface area contributed by atoms with Crippen molar-refractivity contribution >= 4 is 23.2 Å². The van der Waals surface area contributed by atoms with Crippen LogP contribution in [0.3, 0.4) is 0 Å². The summed E-state index contributed by atoms with van der Waals surface area (Å²) in [6, 6.07) is 14.6. The average Bonchev–Trinajstić information content (AvgIpc) is 3.22. The molecule has 5 nitrogen and oxygen atoms in total. The highest BCUT2D eigenvalue weighted by atomic mass is 32.1. The summed E-state index contributed by atoms with van der Waals surface area (Å²) >= 11 is 1.30. The highest BCUT2D eigenvalue weighted by molar-refractivity contribution is 7.09. The van der Waals surface area contributed by atoms with E-state index in [1.165, 1.54) is 23.0 Å². The molecule has 2 amide bonds. The van der Waals surface area contributed by atoms with Gasteiger partial charge in [-0.05, 0) is 29.2 Å². The molecule has 0 spiro atoms. The Bertz CT molecular complexity index is 1050. The number of fused-ring (bicyclic) bond motifs is 1. The number of benzene rings is 2. The van der Waals surface area contributed by atoms with Crippen LogP contribution in [0.1, 0.15) is 32.2 Å². The zero-order chi connectivity index (χ0) is 20.2. The Labute approximate surface area is 172 Å². The van der Waals surface area contributed by atoms with Gasteiger partial charge in [-0.1, -0.05) is 42.5 Å². The normalized spacial score (nSPS) is 13.1. The molecule has 4 rings (SSSR count). The highest BCUT2D eigenvalue weighted by Crippen LogP contribution is 2.19. The maximum Gasteiger partial charge on any atom is 0.271 e. The van der Waals surface area contributed by atoms with Crippen molar-refractivity contribution in [2.24, 2.45) is 0 Å². The molecule has 1 aromatic heterocycles. The van der Waals surface area contributed by atoms with Gasteiger partial charge in [-0.15, -0.1) is 11.3 Å². The number of hydrogen-bond acceptors (Lipinski definition) is 4. The van der Waals surface area contributed by atoms with Crippen LogP contribution in [0.25, 0.3) is 0 Å². The molecule has 0 saturated carbocycles. The minimum Gasteiger partial charge on any atom is -0.342 e. The Morgan fingerprint density at radius 1 is 1.10 bits per heavy atom. The van der Waals surface area contributed by atoms with Crippen LogP contribution >= 0.6 is 11.3 Å². The molecule has 2 aromatic carbocycles. The van der Waals surface area contributed by atoms with Crippen LogP contribution in [0.2, 0.25) is 0 Å². The summed E-state index contributed by atoms with van der Waals surface area (Å²) in [5.74, 6) is -0.802. The van der Waals surface area contributed by atoms with E-state index in [1.54, 1.807) is 28.5 Å². The average molecular weight is 409 g/mol. The van der Waals surface area contributed by atoms with Crippen LogP contribution in [-0.2, 0) is 24.2 Å². The van der Waals surface area contributed by atoms with Crippen LogP contribution in [0.5, 0.6) is 0 Å². The Kier molecular flexibility index (Phi) is 5.67. The van der Waals surface area contributed by atoms with Crippen molar-refractivity contribution in [1.82, 2.24) is 15.2 Å². The van der Waals surface area contributed by atoms with Crippen LogP contribution in [0.4, 0.5) is 4.39 Å². The predicted molar refractivity (Wildman–Crippen MR) is 109 cm³/mol. The van der Waals surface area contributed by atoms with E-state index in [2.05, 4.69) is 16.4 Å². The van der Waals surface area contributed by atoms with Gasteiger partial charge in [0.1, 0.15) is 11.5 Å². The van der Waals surface area contributed by atoms with E-state index in [4.69, 9.17) is 0 Å². The lowest BCUT2D eigenvalue weighted by molar-refractivity contribution is -0.131. The second-order valence-corrected chi connectivity index (χ2v) is 7.85. The zero-order valence-electron chi connectivity index (χ0n) is 15.7. The molecule has 148 valence electrons. The summed E-state index contributed by atoms with van der Waals surface area (Å²) in [7, 11) is 0. The number of nitrogens with one attached hydrogen (secondary N) is 1. The third-order valence-electron chi connectivity index (χ3n) is 4.97. The standard InChI is InChI=1S/C22H20FN3O2S/c23-18-8-4-3-6-16(18)11-20-25-19(14-29-20)22(28)24-12-21(27)26-10-9-15-5-1-2-7-17(15)13-26/h1-8,14H,9-13H2,(H,24,28). The van der Waals surface area contributed by atoms with E-state index in [-0.39, 0.29) is 24.0 Å². The summed E-state index contributed by atoms with van der Waals surface area (Å²) < 4.78 is 13.8. The van der Waals surface area contributed by atoms with Crippen molar-refractivity contribution in [2.75, 3.05) is 13.1 Å². The molecule has 0 fully saturated rings. The first kappa shape index (κ1) is 19.3. The number of rotatable bonds is 5. The van der Waals surface area contributed by atoms with E-state index < -0.39 is 5.91 Å². The van der Waals surface area contributed by atoms with Gasteiger partial charge in [-0.3, -0.25) is 9.59 Å². The van der Waals surface area contributed by atoms with Crippen molar-refractivity contribution in [2.45, 2.75) is 19.4 Å². The van der Waals surface area contributed by atoms with Crippen LogP contribution in [0, 0.1) is 5.82 Å². The van der Waals surface area contributed by atoms with Gasteiger partial charge >= 0.3 is 0 Å². The van der Waals surface area contributed by atoms with Gasteiger partial charge in [-0.2, -0.15) is 0 Å². The lowest BCUT2D eigenvalue weighted by Gasteiger charge is -2.28.